The van der Waals surface area contributed by atoms with Crippen LogP contribution in [-0.4, -0.2) is 74.9 Å². The molecule has 2 rings (SSSR count). The Hall–Kier alpha value is -0.770. The van der Waals surface area contributed by atoms with E-state index >= 15 is 0 Å². The highest BCUT2D eigenvalue weighted by molar-refractivity contribution is 8.00. The van der Waals surface area contributed by atoms with E-state index in [1.807, 2.05) is 11.8 Å². The Morgan fingerprint density at radius 3 is 2.96 bits per heavy atom. The molecule has 136 valence electrons. The molecule has 1 unspecified atom stereocenters. The largest absolute Gasteiger partial charge is 0.355 e. The zero-order chi connectivity index (χ0) is 17.6. The minimum absolute atomic E-state index is 0.383. The van der Waals surface area contributed by atoms with Gasteiger partial charge in [-0.05, 0) is 17.9 Å². The number of nitrogens with zero attached hydrogens (tertiary/aromatic N) is 3. The fraction of sp³-hybridized carbons (Fsp3) is 0.667. The molecule has 0 aromatic carbocycles. The summed E-state index contributed by atoms with van der Waals surface area (Å²) in [6, 6.07) is 3.39. The van der Waals surface area contributed by atoms with Crippen molar-refractivity contribution in [2.24, 2.45) is 4.99 Å². The first-order valence-corrected chi connectivity index (χ1v) is 11.4. The average molecular weight is 391 g/mol. The molecule has 6 nitrogen and oxygen atoms in total. The van der Waals surface area contributed by atoms with Crippen LogP contribution in [0.3, 0.4) is 0 Å². The van der Waals surface area contributed by atoms with Gasteiger partial charge in [-0.25, -0.2) is 8.42 Å². The normalized spacial score (nSPS) is 19.8. The van der Waals surface area contributed by atoms with E-state index in [1.54, 1.807) is 31.6 Å². The van der Waals surface area contributed by atoms with Gasteiger partial charge in [-0.15, -0.1) is 11.3 Å². The molecule has 1 atom stereocenters. The second-order valence-corrected chi connectivity index (χ2v) is 10.2. The smallest absolute Gasteiger partial charge is 0.252 e. The summed E-state index contributed by atoms with van der Waals surface area (Å²) < 4.78 is 26.5. The van der Waals surface area contributed by atoms with Crippen LogP contribution in [0.1, 0.15) is 13.3 Å². The number of sulfonamides is 1. The van der Waals surface area contributed by atoms with Gasteiger partial charge < -0.3 is 10.2 Å². The predicted molar refractivity (Wildman–Crippen MR) is 104 cm³/mol. The van der Waals surface area contributed by atoms with Gasteiger partial charge in [0.1, 0.15) is 4.21 Å². The van der Waals surface area contributed by atoms with Crippen LogP contribution in [0.25, 0.3) is 0 Å². The molecular weight excluding hydrogens is 364 g/mol. The Labute approximate surface area is 153 Å². The molecular formula is C15H26N4O2S3. The standard InChI is InChI=1S/C15H26N4O2S3/c1-4-13-12-19(9-11-22-13)15(16-2)17-7-8-18(3)24(20,21)14-6-5-10-23-14/h5-6,10,13H,4,7-9,11-12H2,1-3H3,(H,16,17). The molecule has 1 aliphatic rings. The number of likely N-dealkylation sites (N-methyl/N-ethyl adjacent to an activating group) is 1. The van der Waals surface area contributed by atoms with Gasteiger partial charge in [0, 0.05) is 51.3 Å². The summed E-state index contributed by atoms with van der Waals surface area (Å²) in [5, 5.41) is 5.71. The van der Waals surface area contributed by atoms with Crippen molar-refractivity contribution in [1.82, 2.24) is 14.5 Å². The summed E-state index contributed by atoms with van der Waals surface area (Å²) in [7, 11) is 0.00730. The van der Waals surface area contributed by atoms with Crippen LogP contribution in [0, 0.1) is 0 Å². The first kappa shape index (κ1) is 19.6. The van der Waals surface area contributed by atoms with Crippen molar-refractivity contribution in [3.05, 3.63) is 17.5 Å². The summed E-state index contributed by atoms with van der Waals surface area (Å²) in [5.74, 6) is 1.96. The summed E-state index contributed by atoms with van der Waals surface area (Å²) in [4.78, 5) is 6.61. The first-order chi connectivity index (χ1) is 11.5. The third-order valence-electron chi connectivity index (χ3n) is 3.97. The number of thioether (sulfide) groups is 1. The summed E-state index contributed by atoms with van der Waals surface area (Å²) >= 11 is 3.26. The van der Waals surface area contributed by atoms with E-state index in [0.29, 0.717) is 22.5 Å². The lowest BCUT2D eigenvalue weighted by Gasteiger charge is -2.34. The Balaban J connectivity index is 1.86. The molecule has 0 spiro atoms. The van der Waals surface area contributed by atoms with E-state index in [-0.39, 0.29) is 0 Å². The molecule has 1 aliphatic heterocycles. The number of rotatable bonds is 6. The third kappa shape index (κ3) is 4.87. The number of thiophene rings is 1. The van der Waals surface area contributed by atoms with Crippen molar-refractivity contribution in [3.63, 3.8) is 0 Å². The monoisotopic (exact) mass is 390 g/mol. The van der Waals surface area contributed by atoms with Crippen LogP contribution in [0.2, 0.25) is 0 Å². The minimum Gasteiger partial charge on any atom is -0.355 e. The van der Waals surface area contributed by atoms with Crippen molar-refractivity contribution < 1.29 is 8.42 Å². The van der Waals surface area contributed by atoms with Crippen LogP contribution in [0.4, 0.5) is 0 Å². The summed E-state index contributed by atoms with van der Waals surface area (Å²) in [5.41, 5.74) is 0. The molecule has 1 aromatic rings. The van der Waals surface area contributed by atoms with Crippen molar-refractivity contribution >= 4 is 39.1 Å². The first-order valence-electron chi connectivity index (χ1n) is 8.06. The molecule has 2 heterocycles. The fourth-order valence-electron chi connectivity index (χ4n) is 2.50. The van der Waals surface area contributed by atoms with Gasteiger partial charge >= 0.3 is 0 Å². The van der Waals surface area contributed by atoms with Gasteiger partial charge in [0.25, 0.3) is 10.0 Å². The average Bonchev–Trinajstić information content (AvgIpc) is 3.14. The Bertz CT molecular complexity index is 631. The topological polar surface area (TPSA) is 65.0 Å². The summed E-state index contributed by atoms with van der Waals surface area (Å²) in [6.45, 7) is 5.11. The van der Waals surface area contributed by atoms with Gasteiger partial charge in [-0.3, -0.25) is 4.99 Å². The molecule has 0 aliphatic carbocycles. The highest BCUT2D eigenvalue weighted by atomic mass is 32.2. The minimum atomic E-state index is -3.38. The van der Waals surface area contributed by atoms with E-state index in [1.165, 1.54) is 15.6 Å². The lowest BCUT2D eigenvalue weighted by atomic mass is 10.3. The molecule has 1 N–H and O–H groups in total. The zero-order valence-corrected chi connectivity index (χ0v) is 16.9. The second kappa shape index (κ2) is 9.07. The number of nitrogens with one attached hydrogen (secondary N) is 1. The van der Waals surface area contributed by atoms with Gasteiger partial charge in [-0.2, -0.15) is 16.1 Å². The van der Waals surface area contributed by atoms with Gasteiger partial charge in [0.15, 0.2) is 5.96 Å². The lowest BCUT2D eigenvalue weighted by Crippen LogP contribution is -2.49. The van der Waals surface area contributed by atoms with E-state index in [4.69, 9.17) is 0 Å². The van der Waals surface area contributed by atoms with Crippen molar-refractivity contribution in [1.29, 1.82) is 0 Å². The fourth-order valence-corrected chi connectivity index (χ4v) is 6.05. The van der Waals surface area contributed by atoms with Gasteiger partial charge in [0.05, 0.1) is 0 Å². The van der Waals surface area contributed by atoms with E-state index in [9.17, 15) is 8.42 Å². The Morgan fingerprint density at radius 2 is 2.33 bits per heavy atom. The molecule has 0 amide bonds. The maximum absolute atomic E-state index is 12.4. The van der Waals surface area contributed by atoms with Crippen molar-refractivity contribution in [2.75, 3.05) is 46.0 Å². The quantitative estimate of drug-likeness (QED) is 0.592. The van der Waals surface area contributed by atoms with Crippen LogP contribution in [0.5, 0.6) is 0 Å². The maximum atomic E-state index is 12.4. The van der Waals surface area contributed by atoms with Crippen LogP contribution in [-0.2, 0) is 10.0 Å². The molecule has 1 aromatic heterocycles. The third-order valence-corrected chi connectivity index (χ3v) is 8.58. The van der Waals surface area contributed by atoms with Gasteiger partial charge in [-0.1, -0.05) is 13.0 Å². The van der Waals surface area contributed by atoms with E-state index in [2.05, 4.69) is 22.1 Å². The number of hydrogen-bond acceptors (Lipinski definition) is 5. The van der Waals surface area contributed by atoms with E-state index in [0.717, 1.165) is 31.2 Å². The van der Waals surface area contributed by atoms with Crippen LogP contribution >= 0.6 is 23.1 Å². The molecule has 1 fully saturated rings. The zero-order valence-electron chi connectivity index (χ0n) is 14.4. The Kier molecular flexibility index (Phi) is 7.39. The molecule has 0 bridgehead atoms. The lowest BCUT2D eigenvalue weighted by molar-refractivity contribution is 0.403. The molecule has 0 radical (unpaired) electrons. The molecule has 24 heavy (non-hydrogen) atoms. The number of aliphatic imine (C=N–C) groups is 1. The number of hydrogen-bond donors (Lipinski definition) is 1. The van der Waals surface area contributed by atoms with Gasteiger partial charge in [0.2, 0.25) is 0 Å². The highest BCUT2D eigenvalue weighted by Gasteiger charge is 2.23. The maximum Gasteiger partial charge on any atom is 0.252 e. The van der Waals surface area contributed by atoms with Crippen LogP contribution in [0.15, 0.2) is 26.7 Å². The van der Waals surface area contributed by atoms with E-state index < -0.39 is 10.0 Å². The number of guanidine groups is 1. The SMILES string of the molecule is CCC1CN(C(=NC)NCCN(C)S(=O)(=O)c2cccs2)CCS1. The van der Waals surface area contributed by atoms with Crippen molar-refractivity contribution in [3.8, 4) is 0 Å². The predicted octanol–water partition coefficient (Wildman–Crippen LogP) is 1.77. The van der Waals surface area contributed by atoms with Crippen molar-refractivity contribution in [2.45, 2.75) is 22.8 Å². The Morgan fingerprint density at radius 1 is 1.54 bits per heavy atom. The molecule has 9 heteroatoms. The molecule has 1 saturated heterocycles. The highest BCUT2D eigenvalue weighted by Crippen LogP contribution is 2.21. The second-order valence-electron chi connectivity index (χ2n) is 5.58. The molecule has 0 saturated carbocycles. The summed E-state index contributed by atoms with van der Waals surface area (Å²) in [6.07, 6.45) is 1.15. The van der Waals surface area contributed by atoms with Crippen LogP contribution < -0.4 is 5.32 Å².